The van der Waals surface area contributed by atoms with E-state index in [1.165, 1.54) is 44.9 Å². The third kappa shape index (κ3) is 6.24. The number of hydrogen-bond acceptors (Lipinski definition) is 3. The summed E-state index contributed by atoms with van der Waals surface area (Å²) in [6.07, 6.45) is 8.79. The smallest absolute Gasteiger partial charge is 0.00778 e. The molecule has 0 spiro atoms. The van der Waals surface area contributed by atoms with Gasteiger partial charge in [0, 0.05) is 6.04 Å². The first kappa shape index (κ1) is 16.9. The van der Waals surface area contributed by atoms with Gasteiger partial charge in [-0.1, -0.05) is 33.6 Å². The summed E-state index contributed by atoms with van der Waals surface area (Å²) in [5.41, 5.74) is 12.2. The molecular formula is C16H35N3. The average Bonchev–Trinajstić information content (AvgIpc) is 2.31. The Morgan fingerprint density at radius 1 is 1.00 bits per heavy atom. The van der Waals surface area contributed by atoms with Gasteiger partial charge in [-0.25, -0.2) is 0 Å². The molecule has 3 heteroatoms. The van der Waals surface area contributed by atoms with Crippen molar-refractivity contribution in [2.45, 2.75) is 71.8 Å². The number of unbranched alkanes of at least 4 members (excludes halogenated alkanes) is 3. The molecule has 1 aliphatic carbocycles. The fourth-order valence-corrected chi connectivity index (χ4v) is 3.86. The molecule has 0 saturated heterocycles. The molecule has 0 radical (unpaired) electrons. The van der Waals surface area contributed by atoms with Crippen LogP contribution in [0.15, 0.2) is 0 Å². The van der Waals surface area contributed by atoms with Crippen molar-refractivity contribution in [2.75, 3.05) is 19.6 Å². The third-order valence-electron chi connectivity index (χ3n) is 4.50. The molecule has 2 atom stereocenters. The van der Waals surface area contributed by atoms with Gasteiger partial charge in [0.25, 0.3) is 0 Å². The van der Waals surface area contributed by atoms with Crippen LogP contribution in [-0.4, -0.2) is 25.7 Å². The molecule has 1 aliphatic rings. The second kappa shape index (κ2) is 7.61. The van der Waals surface area contributed by atoms with Crippen LogP contribution in [0.25, 0.3) is 0 Å². The fourth-order valence-electron chi connectivity index (χ4n) is 3.86. The topological polar surface area (TPSA) is 64.1 Å². The predicted molar refractivity (Wildman–Crippen MR) is 84.1 cm³/mol. The first-order valence-electron chi connectivity index (χ1n) is 8.04. The molecule has 19 heavy (non-hydrogen) atoms. The van der Waals surface area contributed by atoms with E-state index < -0.39 is 0 Å². The fraction of sp³-hybridized carbons (Fsp3) is 1.00. The van der Waals surface area contributed by atoms with Crippen LogP contribution >= 0.6 is 0 Å². The molecule has 0 aromatic rings. The Morgan fingerprint density at radius 3 is 2.32 bits per heavy atom. The van der Waals surface area contributed by atoms with Crippen molar-refractivity contribution in [3.05, 3.63) is 0 Å². The second-order valence-electron chi connectivity index (χ2n) is 7.62. The molecule has 0 aromatic carbocycles. The lowest BCUT2D eigenvalue weighted by molar-refractivity contribution is 0.0772. The normalized spacial score (nSPS) is 30.5. The predicted octanol–water partition coefficient (Wildman–Crippen LogP) is 2.64. The van der Waals surface area contributed by atoms with Crippen LogP contribution in [0.3, 0.4) is 0 Å². The summed E-state index contributed by atoms with van der Waals surface area (Å²) in [4.78, 5) is 0. The summed E-state index contributed by atoms with van der Waals surface area (Å²) in [5.74, 6) is 0. The van der Waals surface area contributed by atoms with Gasteiger partial charge < -0.3 is 16.8 Å². The van der Waals surface area contributed by atoms with Gasteiger partial charge in [0.05, 0.1) is 0 Å². The number of hydrogen-bond donors (Lipinski definition) is 3. The van der Waals surface area contributed by atoms with E-state index in [-0.39, 0.29) is 0 Å². The van der Waals surface area contributed by atoms with Crippen LogP contribution in [0.2, 0.25) is 0 Å². The summed E-state index contributed by atoms with van der Waals surface area (Å²) in [5, 5.41) is 3.76. The minimum atomic E-state index is 0.318. The maximum atomic E-state index is 5.99. The summed E-state index contributed by atoms with van der Waals surface area (Å²) in [6.45, 7) is 9.91. The van der Waals surface area contributed by atoms with E-state index in [1.54, 1.807) is 0 Å². The summed E-state index contributed by atoms with van der Waals surface area (Å²) >= 11 is 0. The lowest BCUT2D eigenvalue weighted by atomic mass is 9.62. The molecular weight excluding hydrogens is 234 g/mol. The Balaban J connectivity index is 2.29. The maximum Gasteiger partial charge on any atom is 0.00778 e. The van der Waals surface area contributed by atoms with Crippen LogP contribution in [0.5, 0.6) is 0 Å². The van der Waals surface area contributed by atoms with Crippen LogP contribution in [0, 0.1) is 10.8 Å². The van der Waals surface area contributed by atoms with Crippen molar-refractivity contribution >= 4 is 0 Å². The van der Waals surface area contributed by atoms with Crippen molar-refractivity contribution in [1.29, 1.82) is 0 Å². The first-order valence-corrected chi connectivity index (χ1v) is 8.04. The Kier molecular flexibility index (Phi) is 6.78. The molecule has 1 rings (SSSR count). The SMILES string of the molecule is CC1(C)CC(NCCCCCCN)CC(C)(CN)C1. The van der Waals surface area contributed by atoms with Gasteiger partial charge in [0.2, 0.25) is 0 Å². The van der Waals surface area contributed by atoms with Crippen LogP contribution in [0.4, 0.5) is 0 Å². The molecule has 0 heterocycles. The molecule has 114 valence electrons. The van der Waals surface area contributed by atoms with E-state index in [4.69, 9.17) is 11.5 Å². The molecule has 5 N–H and O–H groups in total. The van der Waals surface area contributed by atoms with E-state index in [1.807, 2.05) is 0 Å². The highest BCUT2D eigenvalue weighted by Gasteiger charge is 2.40. The minimum Gasteiger partial charge on any atom is -0.330 e. The monoisotopic (exact) mass is 269 g/mol. The molecule has 1 saturated carbocycles. The van der Waals surface area contributed by atoms with Gasteiger partial charge in [0.15, 0.2) is 0 Å². The van der Waals surface area contributed by atoms with Crippen molar-refractivity contribution < 1.29 is 0 Å². The quantitative estimate of drug-likeness (QED) is 0.594. The van der Waals surface area contributed by atoms with E-state index in [0.717, 1.165) is 19.6 Å². The lowest BCUT2D eigenvalue weighted by Crippen LogP contribution is -2.47. The van der Waals surface area contributed by atoms with Crippen LogP contribution in [-0.2, 0) is 0 Å². The molecule has 1 fully saturated rings. The van der Waals surface area contributed by atoms with Crippen LogP contribution in [0.1, 0.15) is 65.7 Å². The third-order valence-corrected chi connectivity index (χ3v) is 4.50. The average molecular weight is 269 g/mol. The summed E-state index contributed by atoms with van der Waals surface area (Å²) < 4.78 is 0. The van der Waals surface area contributed by atoms with Gasteiger partial charge in [-0.3, -0.25) is 0 Å². The zero-order valence-corrected chi connectivity index (χ0v) is 13.3. The van der Waals surface area contributed by atoms with Crippen molar-refractivity contribution in [3.63, 3.8) is 0 Å². The van der Waals surface area contributed by atoms with Crippen LogP contribution < -0.4 is 16.8 Å². The highest BCUT2D eigenvalue weighted by Crippen LogP contribution is 2.45. The number of rotatable bonds is 8. The van der Waals surface area contributed by atoms with Gasteiger partial charge in [-0.05, 0) is 62.6 Å². The number of nitrogens with two attached hydrogens (primary N) is 2. The Morgan fingerprint density at radius 2 is 1.68 bits per heavy atom. The van der Waals surface area contributed by atoms with Gasteiger partial charge >= 0.3 is 0 Å². The molecule has 0 aliphatic heterocycles. The minimum absolute atomic E-state index is 0.318. The standard InChI is InChI=1S/C16H35N3/c1-15(2)10-14(11-16(3,12-15)13-18)19-9-7-5-4-6-8-17/h14,19H,4-13,17-18H2,1-3H3. The maximum absolute atomic E-state index is 5.99. The second-order valence-corrected chi connectivity index (χ2v) is 7.62. The Hall–Kier alpha value is -0.120. The van der Waals surface area contributed by atoms with E-state index in [0.29, 0.717) is 16.9 Å². The molecule has 0 aromatic heterocycles. The molecule has 0 bridgehead atoms. The Labute approximate surface area is 119 Å². The zero-order valence-electron chi connectivity index (χ0n) is 13.3. The molecule has 0 amide bonds. The molecule has 3 nitrogen and oxygen atoms in total. The Bertz CT molecular complexity index is 252. The van der Waals surface area contributed by atoms with E-state index >= 15 is 0 Å². The lowest BCUT2D eigenvalue weighted by Gasteiger charge is -2.46. The van der Waals surface area contributed by atoms with Crippen molar-refractivity contribution in [2.24, 2.45) is 22.3 Å². The summed E-state index contributed by atoms with van der Waals surface area (Å²) in [6, 6.07) is 0.645. The van der Waals surface area contributed by atoms with E-state index in [2.05, 4.69) is 26.1 Å². The molecule has 2 unspecified atom stereocenters. The van der Waals surface area contributed by atoms with E-state index in [9.17, 15) is 0 Å². The largest absolute Gasteiger partial charge is 0.330 e. The van der Waals surface area contributed by atoms with Crippen molar-refractivity contribution in [1.82, 2.24) is 5.32 Å². The van der Waals surface area contributed by atoms with Crippen molar-refractivity contribution in [3.8, 4) is 0 Å². The van der Waals surface area contributed by atoms with Gasteiger partial charge in [-0.2, -0.15) is 0 Å². The summed E-state index contributed by atoms with van der Waals surface area (Å²) in [7, 11) is 0. The first-order chi connectivity index (χ1) is 8.91. The highest BCUT2D eigenvalue weighted by atomic mass is 14.9. The van der Waals surface area contributed by atoms with Gasteiger partial charge in [0.1, 0.15) is 0 Å². The van der Waals surface area contributed by atoms with Gasteiger partial charge in [-0.15, -0.1) is 0 Å². The zero-order chi connectivity index (χ0) is 14.4. The number of nitrogens with one attached hydrogen (secondary N) is 1. The highest BCUT2D eigenvalue weighted by molar-refractivity contribution is 4.94.